The van der Waals surface area contributed by atoms with Crippen molar-refractivity contribution < 1.29 is 9.53 Å². The number of hydrazone groups is 1. The van der Waals surface area contributed by atoms with Crippen molar-refractivity contribution in [3.63, 3.8) is 0 Å². The molecule has 0 atom stereocenters. The van der Waals surface area contributed by atoms with Gasteiger partial charge in [0.15, 0.2) is 5.84 Å². The standard InChI is InChI=1S/C26H23N5O2S/c1-15-7-5-6-8-21(15)25-29-31-23(27)22(24(32)28-26(31)34-25)14-18-13-16(2)30(17(18)3)19-9-11-20(33-4)12-10-19/h5-14,27H,1-4H3/b22-14+,27-23?. The van der Waals surface area contributed by atoms with Crippen molar-refractivity contribution in [2.75, 3.05) is 7.11 Å². The van der Waals surface area contributed by atoms with Crippen LogP contribution in [0.2, 0.25) is 0 Å². The summed E-state index contributed by atoms with van der Waals surface area (Å²) in [5, 5.41) is 15.9. The van der Waals surface area contributed by atoms with Gasteiger partial charge in [0.1, 0.15) is 10.8 Å². The SMILES string of the molecule is COc1ccc(-n2c(C)cc(/C=C3\C(=N)N4N=C(c5ccccc5C)SC4=NC3=O)c2C)cc1. The molecule has 0 spiro atoms. The van der Waals surface area contributed by atoms with E-state index in [1.54, 1.807) is 13.2 Å². The summed E-state index contributed by atoms with van der Waals surface area (Å²) in [6.07, 6.45) is 1.74. The van der Waals surface area contributed by atoms with E-state index in [-0.39, 0.29) is 11.4 Å². The Labute approximate surface area is 202 Å². The van der Waals surface area contributed by atoms with Crippen LogP contribution in [0.25, 0.3) is 11.8 Å². The van der Waals surface area contributed by atoms with Gasteiger partial charge in [-0.15, -0.1) is 0 Å². The topological polar surface area (TPSA) is 83.0 Å². The zero-order valence-corrected chi connectivity index (χ0v) is 20.1. The van der Waals surface area contributed by atoms with Crippen molar-refractivity contribution in [2.45, 2.75) is 20.8 Å². The average molecular weight is 470 g/mol. The Morgan fingerprint density at radius 2 is 1.79 bits per heavy atom. The fourth-order valence-electron chi connectivity index (χ4n) is 4.13. The van der Waals surface area contributed by atoms with Gasteiger partial charge in [-0.05, 0) is 80.1 Å². The largest absolute Gasteiger partial charge is 0.497 e. The second-order valence-corrected chi connectivity index (χ2v) is 9.06. The highest BCUT2D eigenvalue weighted by Crippen LogP contribution is 2.32. The number of nitrogens with zero attached hydrogens (tertiary/aromatic N) is 4. The van der Waals surface area contributed by atoms with E-state index < -0.39 is 5.91 Å². The number of methoxy groups -OCH3 is 1. The van der Waals surface area contributed by atoms with E-state index in [2.05, 4.69) is 14.7 Å². The van der Waals surface area contributed by atoms with Gasteiger partial charge >= 0.3 is 0 Å². The molecule has 0 unspecified atom stereocenters. The highest BCUT2D eigenvalue weighted by Gasteiger charge is 2.36. The van der Waals surface area contributed by atoms with E-state index in [9.17, 15) is 4.79 Å². The predicted molar refractivity (Wildman–Crippen MR) is 137 cm³/mol. The monoisotopic (exact) mass is 469 g/mol. The lowest BCUT2D eigenvalue weighted by Crippen LogP contribution is -2.35. The Morgan fingerprint density at radius 3 is 2.50 bits per heavy atom. The summed E-state index contributed by atoms with van der Waals surface area (Å²) in [5.41, 5.74) is 6.10. The van der Waals surface area contributed by atoms with Gasteiger partial charge in [0.25, 0.3) is 5.91 Å². The van der Waals surface area contributed by atoms with E-state index in [1.807, 2.05) is 75.4 Å². The smallest absolute Gasteiger partial charge is 0.283 e. The summed E-state index contributed by atoms with van der Waals surface area (Å²) in [6, 6.07) is 17.7. The normalized spacial score (nSPS) is 16.6. The summed E-state index contributed by atoms with van der Waals surface area (Å²) in [4.78, 5) is 17.1. The molecule has 0 radical (unpaired) electrons. The number of amidine groups is 2. The van der Waals surface area contributed by atoms with E-state index in [0.717, 1.165) is 44.6 Å². The molecule has 0 saturated heterocycles. The number of carbonyl (C=O) groups is 1. The first-order valence-electron chi connectivity index (χ1n) is 10.8. The highest BCUT2D eigenvalue weighted by molar-refractivity contribution is 8.27. The van der Waals surface area contributed by atoms with Gasteiger partial charge in [-0.2, -0.15) is 15.1 Å². The number of ether oxygens (including phenoxy) is 1. The highest BCUT2D eigenvalue weighted by atomic mass is 32.2. The van der Waals surface area contributed by atoms with Gasteiger partial charge in [-0.25, -0.2) is 0 Å². The van der Waals surface area contributed by atoms with Crippen LogP contribution >= 0.6 is 11.8 Å². The lowest BCUT2D eigenvalue weighted by Gasteiger charge is -2.20. The fourth-order valence-corrected chi connectivity index (χ4v) is 5.11. The number of aromatic nitrogens is 1. The van der Waals surface area contributed by atoms with Crippen LogP contribution in [0.4, 0.5) is 0 Å². The molecule has 2 aliphatic heterocycles. The molecule has 1 aromatic heterocycles. The van der Waals surface area contributed by atoms with E-state index in [4.69, 9.17) is 10.1 Å². The van der Waals surface area contributed by atoms with Gasteiger partial charge in [0.05, 0.1) is 12.7 Å². The Balaban J connectivity index is 1.50. The summed E-state index contributed by atoms with van der Waals surface area (Å²) in [7, 11) is 1.64. The maximum atomic E-state index is 12.9. The van der Waals surface area contributed by atoms with Gasteiger partial charge in [-0.1, -0.05) is 24.3 Å². The molecule has 170 valence electrons. The fraction of sp³-hybridized carbons (Fsp3) is 0.154. The molecular weight excluding hydrogens is 446 g/mol. The third-order valence-corrected chi connectivity index (χ3v) is 6.87. The number of fused-ring (bicyclic) bond motifs is 1. The van der Waals surface area contributed by atoms with Crippen molar-refractivity contribution in [2.24, 2.45) is 10.1 Å². The molecule has 2 aliphatic rings. The van der Waals surface area contributed by atoms with Crippen molar-refractivity contribution in [1.82, 2.24) is 9.58 Å². The molecule has 3 aromatic rings. The minimum atomic E-state index is -0.431. The molecule has 0 bridgehead atoms. The molecule has 0 fully saturated rings. The number of carbonyl (C=O) groups excluding carboxylic acids is 1. The second kappa shape index (κ2) is 8.46. The molecule has 3 heterocycles. The molecule has 2 aromatic carbocycles. The quantitative estimate of drug-likeness (QED) is 0.540. The third-order valence-electron chi connectivity index (χ3n) is 5.93. The van der Waals surface area contributed by atoms with Crippen LogP contribution in [0.1, 0.15) is 28.1 Å². The second-order valence-electron chi connectivity index (χ2n) is 8.10. The van der Waals surface area contributed by atoms with E-state index in [1.165, 1.54) is 16.8 Å². The van der Waals surface area contributed by atoms with Crippen LogP contribution < -0.4 is 4.74 Å². The van der Waals surface area contributed by atoms with Crippen molar-refractivity contribution in [3.05, 3.63) is 88.2 Å². The number of nitrogens with one attached hydrogen (secondary N) is 1. The number of thioether (sulfide) groups is 1. The number of hydrogen-bond acceptors (Lipinski definition) is 5. The molecule has 5 rings (SSSR count). The van der Waals surface area contributed by atoms with Crippen LogP contribution in [-0.2, 0) is 4.79 Å². The Hall–Kier alpha value is -3.91. The van der Waals surface area contributed by atoms with Crippen molar-refractivity contribution >= 4 is 39.8 Å². The molecule has 7 nitrogen and oxygen atoms in total. The molecule has 0 saturated carbocycles. The maximum absolute atomic E-state index is 12.9. The number of aryl methyl sites for hydroxylation is 2. The first-order valence-corrected chi connectivity index (χ1v) is 11.6. The number of hydrogen-bond donors (Lipinski definition) is 1. The first kappa shape index (κ1) is 21.9. The number of amides is 1. The number of aliphatic imine (C=N–C) groups is 1. The number of rotatable bonds is 4. The lowest BCUT2D eigenvalue weighted by molar-refractivity contribution is -0.114. The lowest BCUT2D eigenvalue weighted by atomic mass is 10.1. The molecule has 0 aliphatic carbocycles. The van der Waals surface area contributed by atoms with Gasteiger partial charge < -0.3 is 9.30 Å². The minimum Gasteiger partial charge on any atom is -0.497 e. The maximum Gasteiger partial charge on any atom is 0.283 e. The van der Waals surface area contributed by atoms with Gasteiger partial charge in [0, 0.05) is 22.6 Å². The van der Waals surface area contributed by atoms with Crippen molar-refractivity contribution in [3.8, 4) is 11.4 Å². The summed E-state index contributed by atoms with van der Waals surface area (Å²) in [5.74, 6) is 0.386. The average Bonchev–Trinajstić information content (AvgIpc) is 3.37. The Kier molecular flexibility index (Phi) is 5.45. The van der Waals surface area contributed by atoms with E-state index >= 15 is 0 Å². The predicted octanol–water partition coefficient (Wildman–Crippen LogP) is 5.08. The molecule has 8 heteroatoms. The number of benzene rings is 2. The van der Waals surface area contributed by atoms with Crippen LogP contribution in [0.3, 0.4) is 0 Å². The first-order chi connectivity index (χ1) is 16.4. The van der Waals surface area contributed by atoms with Crippen LogP contribution in [0.15, 0.2) is 70.3 Å². The molecule has 34 heavy (non-hydrogen) atoms. The Bertz CT molecular complexity index is 1430. The van der Waals surface area contributed by atoms with Crippen molar-refractivity contribution in [1.29, 1.82) is 5.41 Å². The summed E-state index contributed by atoms with van der Waals surface area (Å²) in [6.45, 7) is 6.02. The van der Waals surface area contributed by atoms with Gasteiger partial charge in [-0.3, -0.25) is 10.2 Å². The zero-order valence-electron chi connectivity index (χ0n) is 19.3. The minimum absolute atomic E-state index is 0.0281. The molecule has 1 N–H and O–H groups in total. The summed E-state index contributed by atoms with van der Waals surface area (Å²) >= 11 is 1.31. The van der Waals surface area contributed by atoms with Crippen LogP contribution in [0, 0.1) is 26.2 Å². The zero-order chi connectivity index (χ0) is 24.0. The summed E-state index contributed by atoms with van der Waals surface area (Å²) < 4.78 is 7.37. The molecule has 1 amide bonds. The van der Waals surface area contributed by atoms with Gasteiger partial charge in [0.2, 0.25) is 5.17 Å². The van der Waals surface area contributed by atoms with Crippen LogP contribution in [0.5, 0.6) is 5.75 Å². The Morgan fingerprint density at radius 1 is 1.06 bits per heavy atom. The van der Waals surface area contributed by atoms with E-state index in [0.29, 0.717) is 5.17 Å². The van der Waals surface area contributed by atoms with Crippen LogP contribution in [-0.4, -0.2) is 38.6 Å². The third kappa shape index (κ3) is 3.66. The molecular formula is C26H23N5O2S.